The number of fused-ring (bicyclic) bond motifs is 1. The molecular weight excluding hydrogens is 340 g/mol. The van der Waals surface area contributed by atoms with Gasteiger partial charge in [0.1, 0.15) is 11.7 Å². The van der Waals surface area contributed by atoms with Crippen LogP contribution in [0.25, 0.3) is 16.7 Å². The number of para-hydroxylation sites is 1. The van der Waals surface area contributed by atoms with Crippen molar-refractivity contribution in [1.82, 2.24) is 19.2 Å². The number of amides is 1. The lowest BCUT2D eigenvalue weighted by Gasteiger charge is -2.23. The fourth-order valence-electron chi connectivity index (χ4n) is 4.07. The van der Waals surface area contributed by atoms with E-state index < -0.39 is 6.04 Å². The highest BCUT2D eigenvalue weighted by Crippen LogP contribution is 2.26. The minimum absolute atomic E-state index is 0.00165. The van der Waals surface area contributed by atoms with Gasteiger partial charge in [0, 0.05) is 24.5 Å². The second kappa shape index (κ2) is 6.68. The summed E-state index contributed by atoms with van der Waals surface area (Å²) >= 11 is 0. The predicted molar refractivity (Wildman–Crippen MR) is 105 cm³/mol. The van der Waals surface area contributed by atoms with Crippen molar-refractivity contribution in [3.05, 3.63) is 58.0 Å². The zero-order chi connectivity index (χ0) is 19.1. The number of likely N-dealkylation sites (tertiary alicyclic amines) is 1. The van der Waals surface area contributed by atoms with Gasteiger partial charge in [-0.05, 0) is 51.3 Å². The summed E-state index contributed by atoms with van der Waals surface area (Å²) in [5.41, 5.74) is 3.11. The summed E-state index contributed by atoms with van der Waals surface area (Å²) in [6, 6.07) is 10.8. The average Bonchev–Trinajstić information content (AvgIpc) is 3.30. The van der Waals surface area contributed by atoms with Crippen molar-refractivity contribution in [3.8, 4) is 5.69 Å². The molecular formula is C21H24N4O2. The van der Waals surface area contributed by atoms with Crippen LogP contribution in [0.4, 0.5) is 0 Å². The van der Waals surface area contributed by atoms with Crippen molar-refractivity contribution in [2.45, 2.75) is 39.7 Å². The third kappa shape index (κ3) is 2.85. The first-order chi connectivity index (χ1) is 13.0. The second-order valence-electron chi connectivity index (χ2n) is 7.28. The number of hydrogen-bond acceptors (Lipinski definition) is 3. The lowest BCUT2D eigenvalue weighted by Crippen LogP contribution is -2.38. The number of rotatable bonds is 3. The van der Waals surface area contributed by atoms with Crippen LogP contribution in [0.5, 0.6) is 0 Å². The van der Waals surface area contributed by atoms with Crippen molar-refractivity contribution < 1.29 is 4.79 Å². The molecule has 1 amide bonds. The van der Waals surface area contributed by atoms with Crippen molar-refractivity contribution in [1.29, 1.82) is 0 Å². The van der Waals surface area contributed by atoms with Gasteiger partial charge in [0.15, 0.2) is 0 Å². The van der Waals surface area contributed by atoms with Crippen LogP contribution >= 0.6 is 0 Å². The number of carbonyl (C=O) groups is 1. The Morgan fingerprint density at radius 3 is 2.44 bits per heavy atom. The summed E-state index contributed by atoms with van der Waals surface area (Å²) in [6.45, 7) is 7.21. The summed E-state index contributed by atoms with van der Waals surface area (Å²) in [5.74, 6) is -0.00165. The molecule has 0 N–H and O–H groups in total. The van der Waals surface area contributed by atoms with E-state index in [0.29, 0.717) is 5.65 Å². The Kier molecular flexibility index (Phi) is 4.34. The molecule has 27 heavy (non-hydrogen) atoms. The SMILES string of the molecule is Cc1cc(=O)n(C(C)C(=O)N2CCCC2)c2c1c(C)nn2-c1ccccc1. The molecule has 1 aliphatic rings. The summed E-state index contributed by atoms with van der Waals surface area (Å²) in [5, 5.41) is 5.62. The van der Waals surface area contributed by atoms with Crippen LogP contribution in [0.1, 0.15) is 37.1 Å². The third-order valence-electron chi connectivity index (χ3n) is 5.40. The van der Waals surface area contributed by atoms with E-state index in [1.807, 2.05) is 56.0 Å². The molecule has 3 heterocycles. The quantitative estimate of drug-likeness (QED) is 0.718. The fourth-order valence-corrected chi connectivity index (χ4v) is 4.07. The molecule has 1 atom stereocenters. The van der Waals surface area contributed by atoms with Crippen molar-refractivity contribution in [2.24, 2.45) is 0 Å². The Bertz CT molecular complexity index is 1060. The molecule has 0 bridgehead atoms. The monoisotopic (exact) mass is 364 g/mol. The Hall–Kier alpha value is -2.89. The highest BCUT2D eigenvalue weighted by molar-refractivity contribution is 5.87. The fraction of sp³-hybridized carbons (Fsp3) is 0.381. The van der Waals surface area contributed by atoms with E-state index >= 15 is 0 Å². The minimum atomic E-state index is -0.572. The van der Waals surface area contributed by atoms with Crippen LogP contribution in [0, 0.1) is 13.8 Å². The van der Waals surface area contributed by atoms with Gasteiger partial charge in [-0.2, -0.15) is 5.10 Å². The van der Waals surface area contributed by atoms with Gasteiger partial charge < -0.3 is 4.90 Å². The van der Waals surface area contributed by atoms with E-state index in [2.05, 4.69) is 0 Å². The van der Waals surface area contributed by atoms with E-state index in [1.165, 1.54) is 0 Å². The van der Waals surface area contributed by atoms with Gasteiger partial charge in [0.05, 0.1) is 11.4 Å². The number of benzene rings is 1. The summed E-state index contributed by atoms with van der Waals surface area (Å²) in [7, 11) is 0. The number of aryl methyl sites for hydroxylation is 2. The van der Waals surface area contributed by atoms with Gasteiger partial charge in [-0.1, -0.05) is 18.2 Å². The van der Waals surface area contributed by atoms with Gasteiger partial charge in [-0.15, -0.1) is 0 Å². The zero-order valence-corrected chi connectivity index (χ0v) is 16.0. The van der Waals surface area contributed by atoms with Gasteiger partial charge in [0.25, 0.3) is 5.56 Å². The smallest absolute Gasteiger partial charge is 0.253 e. The molecule has 1 fully saturated rings. The van der Waals surface area contributed by atoms with Crippen LogP contribution in [-0.2, 0) is 4.79 Å². The molecule has 1 aliphatic heterocycles. The highest BCUT2D eigenvalue weighted by atomic mass is 16.2. The first-order valence-corrected chi connectivity index (χ1v) is 9.44. The maximum atomic E-state index is 13.0. The molecule has 3 aromatic rings. The molecule has 6 nitrogen and oxygen atoms in total. The normalized spacial score (nSPS) is 15.4. The van der Waals surface area contributed by atoms with Crippen LogP contribution < -0.4 is 5.56 Å². The lowest BCUT2D eigenvalue weighted by molar-refractivity contribution is -0.133. The molecule has 1 unspecified atom stereocenters. The van der Waals surface area contributed by atoms with Crippen LogP contribution in [0.15, 0.2) is 41.2 Å². The molecule has 1 aromatic carbocycles. The molecule has 1 saturated heterocycles. The first-order valence-electron chi connectivity index (χ1n) is 9.44. The van der Waals surface area contributed by atoms with Crippen LogP contribution in [-0.4, -0.2) is 38.2 Å². The van der Waals surface area contributed by atoms with Crippen LogP contribution in [0.3, 0.4) is 0 Å². The van der Waals surface area contributed by atoms with E-state index in [1.54, 1.807) is 15.3 Å². The average molecular weight is 364 g/mol. The Morgan fingerprint density at radius 1 is 1.11 bits per heavy atom. The maximum Gasteiger partial charge on any atom is 0.253 e. The Labute approximate surface area is 158 Å². The molecule has 0 spiro atoms. The zero-order valence-electron chi connectivity index (χ0n) is 16.0. The minimum Gasteiger partial charge on any atom is -0.341 e. The largest absolute Gasteiger partial charge is 0.341 e. The van der Waals surface area contributed by atoms with E-state index in [0.717, 1.165) is 48.3 Å². The Morgan fingerprint density at radius 2 is 1.78 bits per heavy atom. The number of pyridine rings is 1. The molecule has 0 saturated carbocycles. The summed E-state index contributed by atoms with van der Waals surface area (Å²) in [4.78, 5) is 27.8. The topological polar surface area (TPSA) is 60.1 Å². The second-order valence-corrected chi connectivity index (χ2v) is 7.28. The van der Waals surface area contributed by atoms with Crippen molar-refractivity contribution >= 4 is 16.9 Å². The number of aromatic nitrogens is 3. The molecule has 4 rings (SSSR count). The molecule has 2 aromatic heterocycles. The van der Waals surface area contributed by atoms with Crippen molar-refractivity contribution in [3.63, 3.8) is 0 Å². The predicted octanol–water partition coefficient (Wildman–Crippen LogP) is 2.99. The lowest BCUT2D eigenvalue weighted by atomic mass is 10.1. The summed E-state index contributed by atoms with van der Waals surface area (Å²) < 4.78 is 3.39. The van der Waals surface area contributed by atoms with Crippen molar-refractivity contribution in [2.75, 3.05) is 13.1 Å². The first kappa shape index (κ1) is 17.5. The third-order valence-corrected chi connectivity index (χ3v) is 5.40. The van der Waals surface area contributed by atoms with Crippen LogP contribution in [0.2, 0.25) is 0 Å². The molecule has 0 aliphatic carbocycles. The van der Waals surface area contributed by atoms with E-state index in [9.17, 15) is 9.59 Å². The standard InChI is InChI=1S/C21H24N4O2/c1-14-13-18(26)24(16(3)21(27)23-11-7-8-12-23)20-19(14)15(2)22-25(20)17-9-5-4-6-10-17/h4-6,9-10,13,16H,7-8,11-12H2,1-3H3. The number of nitrogens with zero attached hydrogens (tertiary/aromatic N) is 4. The summed E-state index contributed by atoms with van der Waals surface area (Å²) in [6.07, 6.45) is 2.05. The Balaban J connectivity index is 1.97. The van der Waals surface area contributed by atoms with Gasteiger partial charge in [0.2, 0.25) is 5.91 Å². The van der Waals surface area contributed by atoms with E-state index in [-0.39, 0.29) is 11.5 Å². The van der Waals surface area contributed by atoms with Gasteiger partial charge >= 0.3 is 0 Å². The molecule has 6 heteroatoms. The molecule has 140 valence electrons. The van der Waals surface area contributed by atoms with Gasteiger partial charge in [-0.3, -0.25) is 14.2 Å². The highest BCUT2D eigenvalue weighted by Gasteiger charge is 2.28. The maximum absolute atomic E-state index is 13.0. The number of hydrogen-bond donors (Lipinski definition) is 0. The number of carbonyl (C=O) groups excluding carboxylic acids is 1. The van der Waals surface area contributed by atoms with E-state index in [4.69, 9.17) is 5.10 Å². The molecule has 0 radical (unpaired) electrons. The van der Waals surface area contributed by atoms with Gasteiger partial charge in [-0.25, -0.2) is 4.68 Å².